The van der Waals surface area contributed by atoms with Gasteiger partial charge < -0.3 is 10.2 Å². The molecule has 1 aliphatic carbocycles. The maximum Gasteiger partial charge on any atom is 0.223 e. The van der Waals surface area contributed by atoms with E-state index in [9.17, 15) is 10.1 Å². The molecule has 134 valence electrons. The van der Waals surface area contributed by atoms with Crippen molar-refractivity contribution >= 4 is 11.6 Å². The Kier molecular flexibility index (Phi) is 4.33. The van der Waals surface area contributed by atoms with Crippen molar-refractivity contribution in [2.24, 2.45) is 13.0 Å². The molecule has 7 heteroatoms. The molecule has 0 radical (unpaired) electrons. The van der Waals surface area contributed by atoms with Gasteiger partial charge in [-0.25, -0.2) is 4.98 Å². The average molecular weight is 350 g/mol. The van der Waals surface area contributed by atoms with Crippen LogP contribution in [0, 0.1) is 17.2 Å². The summed E-state index contributed by atoms with van der Waals surface area (Å²) in [7, 11) is 1.90. The van der Waals surface area contributed by atoms with Crippen molar-refractivity contribution in [3.05, 3.63) is 42.0 Å². The van der Waals surface area contributed by atoms with Gasteiger partial charge in [-0.05, 0) is 31.4 Å². The molecular formula is C19H22N6O. The minimum Gasteiger partial charge on any atom is -0.382 e. The van der Waals surface area contributed by atoms with E-state index in [-0.39, 0.29) is 17.9 Å². The monoisotopic (exact) mass is 350 g/mol. The molecule has 3 heterocycles. The third-order valence-corrected chi connectivity index (χ3v) is 5.24. The van der Waals surface area contributed by atoms with Gasteiger partial charge in [-0.2, -0.15) is 10.4 Å². The van der Waals surface area contributed by atoms with Gasteiger partial charge in [0.2, 0.25) is 5.91 Å². The zero-order chi connectivity index (χ0) is 18.1. The first-order chi connectivity index (χ1) is 12.7. The molecule has 2 aromatic rings. The van der Waals surface area contributed by atoms with E-state index >= 15 is 0 Å². The van der Waals surface area contributed by atoms with E-state index in [0.717, 1.165) is 30.5 Å². The van der Waals surface area contributed by atoms with Gasteiger partial charge in [-0.1, -0.05) is 0 Å². The third-order valence-electron chi connectivity index (χ3n) is 5.24. The fraction of sp³-hybridized carbons (Fsp3) is 0.474. The predicted molar refractivity (Wildman–Crippen MR) is 96.0 cm³/mol. The summed E-state index contributed by atoms with van der Waals surface area (Å²) in [4.78, 5) is 18.8. The molecule has 2 fully saturated rings. The molecule has 2 aromatic heterocycles. The third kappa shape index (κ3) is 3.15. The average Bonchev–Trinajstić information content (AvgIpc) is 3.41. The zero-order valence-corrected chi connectivity index (χ0v) is 14.8. The van der Waals surface area contributed by atoms with Crippen LogP contribution in [0.2, 0.25) is 0 Å². The Balaban J connectivity index is 1.58. The van der Waals surface area contributed by atoms with Gasteiger partial charge >= 0.3 is 0 Å². The Morgan fingerprint density at radius 2 is 2.23 bits per heavy atom. The summed E-state index contributed by atoms with van der Waals surface area (Å²) in [5.74, 6) is 0.515. The second kappa shape index (κ2) is 6.79. The van der Waals surface area contributed by atoms with E-state index in [4.69, 9.17) is 0 Å². The van der Waals surface area contributed by atoms with Crippen molar-refractivity contribution in [1.29, 1.82) is 5.26 Å². The normalized spacial score (nSPS) is 22.9. The van der Waals surface area contributed by atoms with Crippen molar-refractivity contribution in [1.82, 2.24) is 19.7 Å². The second-order valence-electron chi connectivity index (χ2n) is 7.12. The van der Waals surface area contributed by atoms with E-state index in [1.807, 2.05) is 31.6 Å². The molecule has 7 nitrogen and oxygen atoms in total. The standard InChI is InChI=1S/C19H22N6O/c1-24-12-14(11-23-24)19-13(4-7-18(26)25(19)15-5-6-15)10-22-16-3-2-8-21-17(16)9-20/h2-3,8,11-13,15,19,22H,4-7,10H2,1H3/t13-,19+/m1/s1. The van der Waals surface area contributed by atoms with Gasteiger partial charge in [0.1, 0.15) is 6.07 Å². The van der Waals surface area contributed by atoms with E-state index in [1.165, 1.54) is 0 Å². The summed E-state index contributed by atoms with van der Waals surface area (Å²) < 4.78 is 1.79. The molecule has 1 saturated carbocycles. The lowest BCUT2D eigenvalue weighted by Crippen LogP contribution is -2.45. The lowest BCUT2D eigenvalue weighted by Gasteiger charge is -2.41. The molecule has 0 unspecified atom stereocenters. The van der Waals surface area contributed by atoms with Gasteiger partial charge in [0.15, 0.2) is 5.69 Å². The molecule has 0 spiro atoms. The minimum absolute atomic E-state index is 0.0344. The molecule has 2 aliphatic rings. The second-order valence-corrected chi connectivity index (χ2v) is 7.12. The first kappa shape index (κ1) is 16.6. The maximum atomic E-state index is 12.6. The molecule has 1 aliphatic heterocycles. The number of rotatable bonds is 5. The number of nitriles is 1. The number of nitrogens with zero attached hydrogens (tertiary/aromatic N) is 5. The number of aromatic nitrogens is 3. The number of likely N-dealkylation sites (tertiary alicyclic amines) is 1. The summed E-state index contributed by atoms with van der Waals surface area (Å²) in [6, 6.07) is 6.22. The van der Waals surface area contributed by atoms with Crippen LogP contribution in [0.4, 0.5) is 5.69 Å². The smallest absolute Gasteiger partial charge is 0.223 e. The Hall–Kier alpha value is -2.88. The Labute approximate surface area is 152 Å². The first-order valence-corrected chi connectivity index (χ1v) is 9.06. The Bertz CT molecular complexity index is 850. The van der Waals surface area contributed by atoms with Crippen LogP contribution >= 0.6 is 0 Å². The van der Waals surface area contributed by atoms with Crippen LogP contribution in [0.1, 0.15) is 43.0 Å². The van der Waals surface area contributed by atoms with Crippen molar-refractivity contribution < 1.29 is 4.79 Å². The largest absolute Gasteiger partial charge is 0.382 e. The number of nitrogens with one attached hydrogen (secondary N) is 1. The molecular weight excluding hydrogens is 328 g/mol. The van der Waals surface area contributed by atoms with Crippen molar-refractivity contribution in [2.45, 2.75) is 37.8 Å². The van der Waals surface area contributed by atoms with E-state index in [2.05, 4.69) is 26.4 Å². The van der Waals surface area contributed by atoms with E-state index in [1.54, 1.807) is 10.9 Å². The number of piperidine rings is 1. The number of carbonyl (C=O) groups excluding carboxylic acids is 1. The Morgan fingerprint density at radius 3 is 2.92 bits per heavy atom. The molecule has 0 bridgehead atoms. The summed E-state index contributed by atoms with van der Waals surface area (Å²) in [6.07, 6.45) is 9.09. The van der Waals surface area contributed by atoms with Crippen LogP contribution < -0.4 is 5.32 Å². The highest BCUT2D eigenvalue weighted by atomic mass is 16.2. The number of amides is 1. The topological polar surface area (TPSA) is 86.8 Å². The van der Waals surface area contributed by atoms with Crippen LogP contribution in [-0.2, 0) is 11.8 Å². The molecule has 1 saturated heterocycles. The lowest BCUT2D eigenvalue weighted by atomic mass is 9.85. The number of carbonyl (C=O) groups is 1. The summed E-state index contributed by atoms with van der Waals surface area (Å²) >= 11 is 0. The number of anilines is 1. The zero-order valence-electron chi connectivity index (χ0n) is 14.8. The summed E-state index contributed by atoms with van der Waals surface area (Å²) in [5.41, 5.74) is 2.23. The highest BCUT2D eigenvalue weighted by molar-refractivity contribution is 5.78. The van der Waals surface area contributed by atoms with Gasteiger partial charge in [0.05, 0.1) is 17.9 Å². The van der Waals surface area contributed by atoms with Gasteiger partial charge in [0.25, 0.3) is 0 Å². The van der Waals surface area contributed by atoms with Gasteiger partial charge in [-0.15, -0.1) is 0 Å². The SMILES string of the molecule is Cn1cc([C@@H]2[C@@H](CNc3cccnc3C#N)CCC(=O)N2C2CC2)cn1. The van der Waals surface area contributed by atoms with Crippen LogP contribution in [0.15, 0.2) is 30.7 Å². The first-order valence-electron chi connectivity index (χ1n) is 9.06. The molecule has 1 amide bonds. The highest BCUT2D eigenvalue weighted by Crippen LogP contribution is 2.43. The Morgan fingerprint density at radius 1 is 1.38 bits per heavy atom. The fourth-order valence-electron chi connectivity index (χ4n) is 3.88. The molecule has 26 heavy (non-hydrogen) atoms. The quantitative estimate of drug-likeness (QED) is 0.894. The number of hydrogen-bond acceptors (Lipinski definition) is 5. The minimum atomic E-state index is 0.0344. The fourth-order valence-corrected chi connectivity index (χ4v) is 3.88. The number of pyridine rings is 1. The summed E-state index contributed by atoms with van der Waals surface area (Å²) in [5, 5.41) is 16.9. The lowest BCUT2D eigenvalue weighted by molar-refractivity contribution is -0.139. The molecule has 0 aromatic carbocycles. The van der Waals surface area contributed by atoms with Gasteiger partial charge in [-0.3, -0.25) is 9.48 Å². The predicted octanol–water partition coefficient (Wildman–Crippen LogP) is 2.24. The van der Waals surface area contributed by atoms with Crippen molar-refractivity contribution in [2.75, 3.05) is 11.9 Å². The number of aryl methyl sites for hydroxylation is 1. The van der Waals surface area contributed by atoms with Crippen molar-refractivity contribution in [3.63, 3.8) is 0 Å². The summed E-state index contributed by atoms with van der Waals surface area (Å²) in [6.45, 7) is 0.691. The van der Waals surface area contributed by atoms with E-state index in [0.29, 0.717) is 24.7 Å². The maximum absolute atomic E-state index is 12.6. The molecule has 4 rings (SSSR count). The van der Waals surface area contributed by atoms with Gasteiger partial charge in [0, 0.05) is 49.9 Å². The molecule has 1 N–H and O–H groups in total. The van der Waals surface area contributed by atoms with Crippen LogP contribution in [-0.4, -0.2) is 38.2 Å². The van der Waals surface area contributed by atoms with Crippen LogP contribution in [0.3, 0.4) is 0 Å². The highest BCUT2D eigenvalue weighted by Gasteiger charge is 2.44. The van der Waals surface area contributed by atoms with Crippen LogP contribution in [0.25, 0.3) is 0 Å². The van der Waals surface area contributed by atoms with E-state index < -0.39 is 0 Å². The number of hydrogen-bond donors (Lipinski definition) is 1. The molecule has 2 atom stereocenters. The van der Waals surface area contributed by atoms with Crippen molar-refractivity contribution in [3.8, 4) is 6.07 Å². The van der Waals surface area contributed by atoms with Crippen LogP contribution in [0.5, 0.6) is 0 Å².